The Morgan fingerprint density at radius 3 is 2.56 bits per heavy atom. The molecule has 0 aliphatic rings. The SMILES string of the molecule is COc1cc(C=Nn2c(C(C)(C)C)nc3ccc(Br)cc3c2=O)c(Br)cc1OCc1cccc(F)c1. The van der Waals surface area contributed by atoms with Gasteiger partial charge in [-0.15, -0.1) is 0 Å². The molecule has 6 nitrogen and oxygen atoms in total. The summed E-state index contributed by atoms with van der Waals surface area (Å²) in [5.41, 5.74) is 1.29. The number of aromatic nitrogens is 2. The highest BCUT2D eigenvalue weighted by Gasteiger charge is 2.23. The zero-order chi connectivity index (χ0) is 26.0. The van der Waals surface area contributed by atoms with E-state index in [0.717, 1.165) is 4.47 Å². The number of benzene rings is 3. The van der Waals surface area contributed by atoms with Crippen molar-refractivity contribution in [2.75, 3.05) is 7.11 Å². The number of fused-ring (bicyclic) bond motifs is 1. The molecule has 0 radical (unpaired) electrons. The van der Waals surface area contributed by atoms with Gasteiger partial charge in [0, 0.05) is 19.9 Å². The summed E-state index contributed by atoms with van der Waals surface area (Å²) in [5.74, 6) is 1.17. The molecule has 0 unspecified atom stereocenters. The molecule has 1 heterocycles. The summed E-state index contributed by atoms with van der Waals surface area (Å²) in [6.45, 7) is 6.12. The molecule has 4 rings (SSSR count). The minimum absolute atomic E-state index is 0.177. The molecule has 0 saturated heterocycles. The first kappa shape index (κ1) is 26.0. The number of nitrogens with zero attached hydrogens (tertiary/aromatic N) is 3. The Kier molecular flexibility index (Phi) is 7.61. The average Bonchev–Trinajstić information content (AvgIpc) is 2.82. The van der Waals surface area contributed by atoms with Crippen LogP contribution in [0.1, 0.15) is 37.7 Å². The van der Waals surface area contributed by atoms with Gasteiger partial charge in [-0.1, -0.05) is 48.8 Å². The van der Waals surface area contributed by atoms with Crippen molar-refractivity contribution in [3.05, 3.63) is 96.7 Å². The first-order valence-electron chi connectivity index (χ1n) is 11.1. The molecule has 4 aromatic rings. The summed E-state index contributed by atoms with van der Waals surface area (Å²) in [6, 6.07) is 15.1. The van der Waals surface area contributed by atoms with Gasteiger partial charge in [-0.05, 0) is 64.0 Å². The quantitative estimate of drug-likeness (QED) is 0.223. The summed E-state index contributed by atoms with van der Waals surface area (Å²) in [7, 11) is 1.53. The zero-order valence-electron chi connectivity index (χ0n) is 20.2. The molecule has 0 saturated carbocycles. The maximum Gasteiger partial charge on any atom is 0.282 e. The van der Waals surface area contributed by atoms with E-state index in [1.165, 1.54) is 23.9 Å². The Morgan fingerprint density at radius 2 is 1.86 bits per heavy atom. The predicted molar refractivity (Wildman–Crippen MR) is 147 cm³/mol. The molecule has 0 spiro atoms. The van der Waals surface area contributed by atoms with Crippen LogP contribution in [0.4, 0.5) is 4.39 Å². The van der Waals surface area contributed by atoms with Crippen LogP contribution in [0, 0.1) is 5.82 Å². The van der Waals surface area contributed by atoms with E-state index < -0.39 is 5.41 Å². The highest BCUT2D eigenvalue weighted by Crippen LogP contribution is 2.33. The van der Waals surface area contributed by atoms with Gasteiger partial charge >= 0.3 is 0 Å². The third kappa shape index (κ3) is 5.68. The largest absolute Gasteiger partial charge is 0.493 e. The van der Waals surface area contributed by atoms with E-state index in [2.05, 4.69) is 37.0 Å². The molecular formula is C27H24Br2FN3O3. The van der Waals surface area contributed by atoms with E-state index in [1.807, 2.05) is 32.9 Å². The Morgan fingerprint density at radius 1 is 1.08 bits per heavy atom. The fourth-order valence-corrected chi connectivity index (χ4v) is 4.36. The van der Waals surface area contributed by atoms with E-state index in [0.29, 0.717) is 43.8 Å². The molecule has 0 aliphatic heterocycles. The van der Waals surface area contributed by atoms with E-state index in [-0.39, 0.29) is 18.0 Å². The Labute approximate surface area is 225 Å². The van der Waals surface area contributed by atoms with Gasteiger partial charge in [0.2, 0.25) is 0 Å². The molecule has 1 aromatic heterocycles. The van der Waals surface area contributed by atoms with Crippen LogP contribution in [-0.2, 0) is 12.0 Å². The minimum Gasteiger partial charge on any atom is -0.493 e. The summed E-state index contributed by atoms with van der Waals surface area (Å²) in [5, 5.41) is 4.99. The summed E-state index contributed by atoms with van der Waals surface area (Å²) in [6.07, 6.45) is 1.57. The van der Waals surface area contributed by atoms with Gasteiger partial charge in [0.1, 0.15) is 18.2 Å². The molecule has 0 fully saturated rings. The highest BCUT2D eigenvalue weighted by atomic mass is 79.9. The van der Waals surface area contributed by atoms with Crippen LogP contribution >= 0.6 is 31.9 Å². The van der Waals surface area contributed by atoms with Gasteiger partial charge in [0.15, 0.2) is 11.5 Å². The molecule has 0 amide bonds. The zero-order valence-corrected chi connectivity index (χ0v) is 23.4. The van der Waals surface area contributed by atoms with Crippen LogP contribution in [-0.4, -0.2) is 23.0 Å². The number of hydrogen-bond acceptors (Lipinski definition) is 5. The van der Waals surface area contributed by atoms with Crippen molar-refractivity contribution in [1.82, 2.24) is 9.66 Å². The third-order valence-corrected chi connectivity index (χ3v) is 6.54. The monoisotopic (exact) mass is 615 g/mol. The van der Waals surface area contributed by atoms with Gasteiger partial charge in [-0.3, -0.25) is 4.79 Å². The van der Waals surface area contributed by atoms with Crippen LogP contribution in [0.5, 0.6) is 11.5 Å². The number of hydrogen-bond donors (Lipinski definition) is 0. The van der Waals surface area contributed by atoms with Crippen molar-refractivity contribution < 1.29 is 13.9 Å². The molecule has 0 atom stereocenters. The maximum absolute atomic E-state index is 13.5. The minimum atomic E-state index is -0.429. The smallest absolute Gasteiger partial charge is 0.282 e. The number of ether oxygens (including phenoxy) is 2. The van der Waals surface area contributed by atoms with E-state index in [9.17, 15) is 9.18 Å². The third-order valence-electron chi connectivity index (χ3n) is 5.36. The molecular weight excluding hydrogens is 593 g/mol. The second kappa shape index (κ2) is 10.5. The van der Waals surface area contributed by atoms with Gasteiger partial charge < -0.3 is 9.47 Å². The van der Waals surface area contributed by atoms with Crippen LogP contribution in [0.3, 0.4) is 0 Å². The van der Waals surface area contributed by atoms with Crippen molar-refractivity contribution in [2.45, 2.75) is 32.8 Å². The summed E-state index contributed by atoms with van der Waals surface area (Å²) >= 11 is 6.97. The van der Waals surface area contributed by atoms with E-state index >= 15 is 0 Å². The summed E-state index contributed by atoms with van der Waals surface area (Å²) < 4.78 is 27.7. The molecule has 9 heteroatoms. The molecule has 0 bridgehead atoms. The standard InChI is InChI=1S/C27H24Br2FN3O3/c1-27(2,3)26-32-22-9-8-18(28)12-20(22)25(34)33(26)31-14-17-11-23(35-4)24(13-21(17)29)36-15-16-6-5-7-19(30)10-16/h5-14H,15H2,1-4H3. The molecule has 0 N–H and O–H groups in total. The van der Waals surface area contributed by atoms with Gasteiger partial charge in [-0.25, -0.2) is 9.37 Å². The van der Waals surface area contributed by atoms with Crippen molar-refractivity contribution in [3.63, 3.8) is 0 Å². The Hall–Kier alpha value is -3.04. The van der Waals surface area contributed by atoms with Crippen molar-refractivity contribution in [2.24, 2.45) is 5.10 Å². The van der Waals surface area contributed by atoms with Gasteiger partial charge in [0.05, 0.1) is 24.2 Å². The first-order chi connectivity index (χ1) is 17.1. The Bertz CT molecular complexity index is 1530. The Balaban J connectivity index is 1.72. The molecule has 186 valence electrons. The van der Waals surface area contributed by atoms with Crippen LogP contribution in [0.2, 0.25) is 0 Å². The van der Waals surface area contributed by atoms with E-state index in [4.69, 9.17) is 14.5 Å². The molecule has 0 aliphatic carbocycles. The van der Waals surface area contributed by atoms with Crippen molar-refractivity contribution >= 4 is 49.0 Å². The predicted octanol–water partition coefficient (Wildman–Crippen LogP) is 6.83. The lowest BCUT2D eigenvalue weighted by atomic mass is 9.95. The lowest BCUT2D eigenvalue weighted by molar-refractivity contribution is 0.284. The lowest BCUT2D eigenvalue weighted by Gasteiger charge is -2.21. The second-order valence-electron chi connectivity index (χ2n) is 9.15. The van der Waals surface area contributed by atoms with E-state index in [1.54, 1.807) is 36.5 Å². The van der Waals surface area contributed by atoms with Gasteiger partial charge in [-0.2, -0.15) is 9.78 Å². The highest BCUT2D eigenvalue weighted by molar-refractivity contribution is 9.10. The van der Waals surface area contributed by atoms with Gasteiger partial charge in [0.25, 0.3) is 5.56 Å². The maximum atomic E-state index is 13.5. The fourth-order valence-electron chi connectivity index (χ4n) is 3.57. The van der Waals surface area contributed by atoms with Crippen molar-refractivity contribution in [1.29, 1.82) is 0 Å². The van der Waals surface area contributed by atoms with Crippen LogP contribution in [0.15, 0.2) is 73.4 Å². The van der Waals surface area contributed by atoms with Crippen LogP contribution < -0.4 is 15.0 Å². The fraction of sp³-hybridized carbons (Fsp3) is 0.222. The second-order valence-corrected chi connectivity index (χ2v) is 10.9. The van der Waals surface area contributed by atoms with Crippen molar-refractivity contribution in [3.8, 4) is 11.5 Å². The number of halogens is 3. The topological polar surface area (TPSA) is 65.7 Å². The summed E-state index contributed by atoms with van der Waals surface area (Å²) in [4.78, 5) is 18.1. The normalized spacial score (nSPS) is 11.9. The molecule has 36 heavy (non-hydrogen) atoms. The first-order valence-corrected chi connectivity index (χ1v) is 12.7. The average molecular weight is 617 g/mol. The number of methoxy groups -OCH3 is 1. The number of rotatable bonds is 6. The van der Waals surface area contributed by atoms with Crippen LogP contribution in [0.25, 0.3) is 10.9 Å². The lowest BCUT2D eigenvalue weighted by Crippen LogP contribution is -2.29. The molecule has 3 aromatic carbocycles.